The van der Waals surface area contributed by atoms with E-state index in [1.165, 1.54) is 10.4 Å². The SMILES string of the molecule is O=C(C1CC1)N1CCCN(S(=O)(=O)c2ccc3c(c2)OCCO3)CC1. The highest BCUT2D eigenvalue weighted by Crippen LogP contribution is 2.34. The lowest BCUT2D eigenvalue weighted by molar-refractivity contribution is -0.132. The van der Waals surface area contributed by atoms with Crippen LogP contribution in [0.3, 0.4) is 0 Å². The van der Waals surface area contributed by atoms with Crippen molar-refractivity contribution < 1.29 is 22.7 Å². The Labute approximate surface area is 147 Å². The van der Waals surface area contributed by atoms with Gasteiger partial charge in [0.25, 0.3) is 0 Å². The Bertz CT molecular complexity index is 775. The number of benzene rings is 1. The number of rotatable bonds is 3. The Morgan fingerprint density at radius 3 is 2.52 bits per heavy atom. The molecular formula is C17H22N2O5S. The van der Waals surface area contributed by atoms with Gasteiger partial charge in [0.15, 0.2) is 11.5 Å². The van der Waals surface area contributed by atoms with Gasteiger partial charge in [0.05, 0.1) is 4.90 Å². The summed E-state index contributed by atoms with van der Waals surface area (Å²) in [7, 11) is -3.61. The number of ether oxygens (including phenoxy) is 2. The van der Waals surface area contributed by atoms with Gasteiger partial charge in [0.1, 0.15) is 13.2 Å². The molecule has 0 spiro atoms. The van der Waals surface area contributed by atoms with Crippen molar-refractivity contribution in [1.82, 2.24) is 9.21 Å². The molecule has 2 fully saturated rings. The molecular weight excluding hydrogens is 344 g/mol. The second-order valence-electron chi connectivity index (χ2n) is 6.66. The van der Waals surface area contributed by atoms with Crippen molar-refractivity contribution in [3.8, 4) is 11.5 Å². The van der Waals surface area contributed by atoms with Crippen LogP contribution >= 0.6 is 0 Å². The van der Waals surface area contributed by atoms with Crippen molar-refractivity contribution in [3.63, 3.8) is 0 Å². The minimum absolute atomic E-state index is 0.168. The van der Waals surface area contributed by atoms with E-state index in [-0.39, 0.29) is 16.7 Å². The normalized spacial score (nSPS) is 21.7. The van der Waals surface area contributed by atoms with E-state index in [1.54, 1.807) is 12.1 Å². The van der Waals surface area contributed by atoms with Gasteiger partial charge >= 0.3 is 0 Å². The monoisotopic (exact) mass is 366 g/mol. The Kier molecular flexibility index (Phi) is 4.33. The number of carbonyl (C=O) groups excluding carboxylic acids is 1. The molecule has 0 atom stereocenters. The number of amides is 1. The first-order chi connectivity index (χ1) is 12.1. The highest BCUT2D eigenvalue weighted by atomic mass is 32.2. The van der Waals surface area contributed by atoms with Crippen molar-refractivity contribution in [1.29, 1.82) is 0 Å². The van der Waals surface area contributed by atoms with Gasteiger partial charge in [-0.05, 0) is 31.4 Å². The van der Waals surface area contributed by atoms with Crippen molar-refractivity contribution in [2.24, 2.45) is 5.92 Å². The predicted molar refractivity (Wildman–Crippen MR) is 90.1 cm³/mol. The minimum Gasteiger partial charge on any atom is -0.486 e. The highest BCUT2D eigenvalue weighted by molar-refractivity contribution is 7.89. The Balaban J connectivity index is 1.51. The van der Waals surface area contributed by atoms with E-state index in [4.69, 9.17) is 9.47 Å². The third-order valence-electron chi connectivity index (χ3n) is 4.84. The topological polar surface area (TPSA) is 76.2 Å². The number of hydrogen-bond acceptors (Lipinski definition) is 5. The number of fused-ring (bicyclic) bond motifs is 1. The van der Waals surface area contributed by atoms with Crippen LogP contribution in [0, 0.1) is 5.92 Å². The summed E-state index contributed by atoms with van der Waals surface area (Å²) in [4.78, 5) is 14.3. The van der Waals surface area contributed by atoms with E-state index in [1.807, 2.05) is 4.90 Å². The molecule has 0 radical (unpaired) electrons. The first-order valence-corrected chi connectivity index (χ1v) is 10.2. The smallest absolute Gasteiger partial charge is 0.243 e. The first-order valence-electron chi connectivity index (χ1n) is 8.74. The summed E-state index contributed by atoms with van der Waals surface area (Å²) in [5.41, 5.74) is 0. The average molecular weight is 366 g/mol. The molecule has 0 N–H and O–H groups in total. The van der Waals surface area contributed by atoms with E-state index in [0.29, 0.717) is 57.3 Å². The lowest BCUT2D eigenvalue weighted by Crippen LogP contribution is -2.38. The minimum atomic E-state index is -3.61. The molecule has 1 aromatic rings. The Hall–Kier alpha value is -1.80. The standard InChI is InChI=1S/C17H22N2O5S/c20-17(13-2-3-13)18-6-1-7-19(9-8-18)25(21,22)14-4-5-15-16(12-14)24-11-10-23-15/h4-5,12-13H,1-3,6-11H2. The zero-order valence-corrected chi connectivity index (χ0v) is 14.8. The van der Waals surface area contributed by atoms with Crippen molar-refractivity contribution in [2.45, 2.75) is 24.2 Å². The van der Waals surface area contributed by atoms with Gasteiger partial charge in [0.2, 0.25) is 15.9 Å². The zero-order chi connectivity index (χ0) is 17.4. The summed E-state index contributed by atoms with van der Waals surface area (Å²) in [6.07, 6.45) is 2.59. The van der Waals surface area contributed by atoms with Crippen LogP contribution < -0.4 is 9.47 Å². The van der Waals surface area contributed by atoms with Crippen LogP contribution in [0.15, 0.2) is 23.1 Å². The van der Waals surface area contributed by atoms with Gasteiger partial charge in [0, 0.05) is 38.2 Å². The van der Waals surface area contributed by atoms with Gasteiger partial charge in [-0.25, -0.2) is 8.42 Å². The lowest BCUT2D eigenvalue weighted by Gasteiger charge is -2.23. The second-order valence-corrected chi connectivity index (χ2v) is 8.60. The maximum absolute atomic E-state index is 13.0. The van der Waals surface area contributed by atoms with E-state index in [9.17, 15) is 13.2 Å². The molecule has 1 saturated carbocycles. The summed E-state index contributed by atoms with van der Waals surface area (Å²) in [5, 5.41) is 0. The van der Waals surface area contributed by atoms with Crippen LogP contribution in [0.25, 0.3) is 0 Å². The van der Waals surface area contributed by atoms with Gasteiger partial charge in [-0.1, -0.05) is 0 Å². The van der Waals surface area contributed by atoms with Crippen LogP contribution in [0.2, 0.25) is 0 Å². The molecule has 0 unspecified atom stereocenters. The summed E-state index contributed by atoms with van der Waals surface area (Å²) in [5.74, 6) is 1.38. The fraction of sp³-hybridized carbons (Fsp3) is 0.588. The van der Waals surface area contributed by atoms with Gasteiger partial charge in [-0.2, -0.15) is 4.31 Å². The van der Waals surface area contributed by atoms with Crippen LogP contribution in [-0.4, -0.2) is 62.9 Å². The highest BCUT2D eigenvalue weighted by Gasteiger charge is 2.35. The Morgan fingerprint density at radius 1 is 1.00 bits per heavy atom. The van der Waals surface area contributed by atoms with E-state index in [2.05, 4.69) is 0 Å². The summed E-state index contributed by atoms with van der Waals surface area (Å²) in [6.45, 7) is 2.72. The predicted octanol–water partition coefficient (Wildman–Crippen LogP) is 1.09. The molecule has 8 heteroatoms. The van der Waals surface area contributed by atoms with Crippen LogP contribution in [0.5, 0.6) is 11.5 Å². The molecule has 7 nitrogen and oxygen atoms in total. The van der Waals surface area contributed by atoms with Gasteiger partial charge in [-0.3, -0.25) is 4.79 Å². The number of carbonyl (C=O) groups is 1. The van der Waals surface area contributed by atoms with Crippen LogP contribution in [-0.2, 0) is 14.8 Å². The fourth-order valence-electron chi connectivity index (χ4n) is 3.28. The summed E-state index contributed by atoms with van der Waals surface area (Å²) < 4.78 is 38.4. The van der Waals surface area contributed by atoms with Crippen LogP contribution in [0.1, 0.15) is 19.3 Å². The molecule has 1 saturated heterocycles. The molecule has 0 aromatic heterocycles. The average Bonchev–Trinajstić information content (AvgIpc) is 3.47. The van der Waals surface area contributed by atoms with Gasteiger partial charge in [-0.15, -0.1) is 0 Å². The molecule has 1 amide bonds. The quantitative estimate of drug-likeness (QED) is 0.800. The molecule has 1 aliphatic carbocycles. The van der Waals surface area contributed by atoms with E-state index < -0.39 is 10.0 Å². The molecule has 2 aliphatic heterocycles. The van der Waals surface area contributed by atoms with E-state index in [0.717, 1.165) is 12.8 Å². The summed E-state index contributed by atoms with van der Waals surface area (Å²) >= 11 is 0. The molecule has 3 aliphatic rings. The largest absolute Gasteiger partial charge is 0.486 e. The lowest BCUT2D eigenvalue weighted by atomic mass is 10.3. The molecule has 2 heterocycles. The number of nitrogens with zero attached hydrogens (tertiary/aromatic N) is 2. The molecule has 4 rings (SSSR count). The first kappa shape index (κ1) is 16.7. The fourth-order valence-corrected chi connectivity index (χ4v) is 4.76. The third-order valence-corrected chi connectivity index (χ3v) is 6.74. The number of hydrogen-bond donors (Lipinski definition) is 0. The van der Waals surface area contributed by atoms with Crippen molar-refractivity contribution >= 4 is 15.9 Å². The molecule has 0 bridgehead atoms. The second kappa shape index (κ2) is 6.49. The maximum Gasteiger partial charge on any atom is 0.243 e. The van der Waals surface area contributed by atoms with Crippen molar-refractivity contribution in [2.75, 3.05) is 39.4 Å². The van der Waals surface area contributed by atoms with Crippen LogP contribution in [0.4, 0.5) is 0 Å². The zero-order valence-electron chi connectivity index (χ0n) is 14.0. The molecule has 136 valence electrons. The molecule has 1 aromatic carbocycles. The Morgan fingerprint density at radius 2 is 1.76 bits per heavy atom. The summed E-state index contributed by atoms with van der Waals surface area (Å²) in [6, 6.07) is 4.73. The number of sulfonamides is 1. The van der Waals surface area contributed by atoms with Crippen molar-refractivity contribution in [3.05, 3.63) is 18.2 Å². The van der Waals surface area contributed by atoms with Gasteiger partial charge < -0.3 is 14.4 Å². The third kappa shape index (κ3) is 3.32. The maximum atomic E-state index is 13.0. The molecule has 25 heavy (non-hydrogen) atoms. The van der Waals surface area contributed by atoms with E-state index >= 15 is 0 Å².